The van der Waals surface area contributed by atoms with Gasteiger partial charge in [0.2, 0.25) is 23.6 Å². The van der Waals surface area contributed by atoms with Gasteiger partial charge in [0, 0.05) is 12.2 Å². The molecule has 0 bridgehead atoms. The number of thioether (sulfide) groups is 2. The third-order valence-corrected chi connectivity index (χ3v) is 17.6. The highest BCUT2D eigenvalue weighted by molar-refractivity contribution is 8.00. The third-order valence-electron chi connectivity index (χ3n) is 14.4. The van der Waals surface area contributed by atoms with Gasteiger partial charge in [-0.2, -0.15) is 0 Å². The van der Waals surface area contributed by atoms with E-state index in [1.165, 1.54) is 18.9 Å². The van der Waals surface area contributed by atoms with Crippen molar-refractivity contribution in [1.82, 2.24) is 21.3 Å². The predicted octanol–water partition coefficient (Wildman–Crippen LogP) is 10.9. The molecule has 0 saturated heterocycles. The molecule has 0 aromatic heterocycles. The van der Waals surface area contributed by atoms with Gasteiger partial charge in [0.05, 0.1) is 29.1 Å². The maximum Gasteiger partial charge on any atom is 0.325 e. The number of nitrogens with one attached hydrogen (secondary N) is 4. The van der Waals surface area contributed by atoms with E-state index in [9.17, 15) is 24.3 Å². The summed E-state index contributed by atoms with van der Waals surface area (Å²) in [5.74, 6) is -2.91. The number of esters is 1. The van der Waals surface area contributed by atoms with Crippen molar-refractivity contribution in [3.8, 4) is 0 Å². The van der Waals surface area contributed by atoms with Gasteiger partial charge < -0.3 is 31.1 Å². The second kappa shape index (κ2) is 29.5. The lowest BCUT2D eigenvalue weighted by Gasteiger charge is -2.37. The Bertz CT molecular complexity index is 3170. The van der Waals surface area contributed by atoms with Crippen LogP contribution in [0.25, 0.3) is 10.8 Å². The highest BCUT2D eigenvalue weighted by atomic mass is 32.2. The standard InChI is InChI=1S/C69H70N4O7S2/c1-49(2)64(73-62(75)46-58(74)42-24-25-44-81-68(52-30-10-4-11-31-52,53-32-12-5-13-33-53)54-34-14-6-15-35-54)67(79)72-61(48-82-69(55-36-16-7-17-37-55,56-38-18-8-19-39-56)57-40-20-9-21-41-57)66(78)71-60(65(77)70-47-63(76)80-3)45-51-29-26-28-50-27-22-23-43-59(50)51/h4-24,26-43,49,58,60-61,64,74H,25,44-48H2,1-3H3,(H,70,77)(H,71,78)(H,72,79)(H,73,75)/b42-24+/t58-,60-,61-,64-/m1/s1. The molecule has 0 fully saturated rings. The van der Waals surface area contributed by atoms with Gasteiger partial charge in [-0.3, -0.25) is 24.0 Å². The Morgan fingerprint density at radius 2 is 0.963 bits per heavy atom. The van der Waals surface area contributed by atoms with E-state index in [0.29, 0.717) is 12.2 Å². The van der Waals surface area contributed by atoms with E-state index in [0.717, 1.165) is 49.7 Å². The fourth-order valence-electron chi connectivity index (χ4n) is 10.3. The molecule has 11 nitrogen and oxygen atoms in total. The molecule has 0 radical (unpaired) electrons. The largest absolute Gasteiger partial charge is 0.468 e. The molecular formula is C69H70N4O7S2. The average molecular weight is 1130 g/mol. The summed E-state index contributed by atoms with van der Waals surface area (Å²) in [6, 6.07) is 70.9. The molecule has 13 heteroatoms. The van der Waals surface area contributed by atoms with Crippen LogP contribution in [0.4, 0.5) is 0 Å². The molecular weight excluding hydrogens is 1060 g/mol. The molecule has 0 aliphatic heterocycles. The van der Waals surface area contributed by atoms with Crippen LogP contribution in [0, 0.1) is 5.92 Å². The zero-order chi connectivity index (χ0) is 57.7. The van der Waals surface area contributed by atoms with Crippen LogP contribution in [0.2, 0.25) is 0 Å². The van der Waals surface area contributed by atoms with E-state index in [-0.39, 0.29) is 18.6 Å². The van der Waals surface area contributed by atoms with Crippen molar-refractivity contribution in [3.05, 3.63) is 276 Å². The normalized spacial score (nSPS) is 13.1. The molecule has 0 saturated carbocycles. The van der Waals surface area contributed by atoms with Gasteiger partial charge in [0.1, 0.15) is 24.7 Å². The molecule has 8 aromatic carbocycles. The Morgan fingerprint density at radius 3 is 1.44 bits per heavy atom. The lowest BCUT2D eigenvalue weighted by Crippen LogP contribution is -2.59. The Kier molecular flexibility index (Phi) is 21.5. The van der Waals surface area contributed by atoms with E-state index in [1.807, 2.05) is 158 Å². The zero-order valence-electron chi connectivity index (χ0n) is 46.4. The van der Waals surface area contributed by atoms with Crippen molar-refractivity contribution in [2.45, 2.75) is 66.8 Å². The second-order valence-electron chi connectivity index (χ2n) is 20.3. The number of aliphatic hydroxyl groups excluding tert-OH is 1. The Morgan fingerprint density at radius 1 is 0.524 bits per heavy atom. The number of hydrogen-bond acceptors (Lipinski definition) is 9. The number of hydrogen-bond donors (Lipinski definition) is 5. The van der Waals surface area contributed by atoms with Gasteiger partial charge >= 0.3 is 5.97 Å². The van der Waals surface area contributed by atoms with Crippen molar-refractivity contribution >= 4 is 63.9 Å². The van der Waals surface area contributed by atoms with E-state index >= 15 is 4.79 Å². The molecule has 4 amide bonds. The topological polar surface area (TPSA) is 163 Å². The van der Waals surface area contributed by atoms with Gasteiger partial charge in [-0.15, -0.1) is 23.5 Å². The maximum absolute atomic E-state index is 15.2. The van der Waals surface area contributed by atoms with E-state index < -0.39 is 75.8 Å². The first-order valence-corrected chi connectivity index (χ1v) is 29.6. The van der Waals surface area contributed by atoms with Gasteiger partial charge in [-0.1, -0.05) is 250 Å². The van der Waals surface area contributed by atoms with Crippen LogP contribution in [-0.4, -0.2) is 84.1 Å². The molecule has 0 aliphatic rings. The molecule has 0 aliphatic carbocycles. The highest BCUT2D eigenvalue weighted by Gasteiger charge is 2.41. The number of benzene rings is 8. The summed E-state index contributed by atoms with van der Waals surface area (Å²) in [5, 5.41) is 24.5. The van der Waals surface area contributed by atoms with Crippen LogP contribution in [0.5, 0.6) is 0 Å². The fraction of sp³-hybridized carbons (Fsp3) is 0.232. The summed E-state index contributed by atoms with van der Waals surface area (Å²) < 4.78 is 3.41. The minimum absolute atomic E-state index is 0.00918. The second-order valence-corrected chi connectivity index (χ2v) is 22.8. The quantitative estimate of drug-likeness (QED) is 0.0146. The van der Waals surface area contributed by atoms with Crippen molar-refractivity contribution < 1.29 is 33.8 Å². The molecule has 5 N–H and O–H groups in total. The highest BCUT2D eigenvalue weighted by Crippen LogP contribution is 2.50. The van der Waals surface area contributed by atoms with Crippen LogP contribution in [0.1, 0.15) is 65.6 Å². The number of carbonyl (C=O) groups is 5. The number of fused-ring (bicyclic) bond motifs is 1. The lowest BCUT2D eigenvalue weighted by molar-refractivity contribution is -0.141. The minimum Gasteiger partial charge on any atom is -0.468 e. The molecule has 0 spiro atoms. The molecule has 4 atom stereocenters. The van der Waals surface area contributed by atoms with E-state index in [1.54, 1.807) is 31.7 Å². The number of aliphatic hydroxyl groups is 1. The van der Waals surface area contributed by atoms with Crippen LogP contribution >= 0.6 is 23.5 Å². The SMILES string of the molecule is COC(=O)CNC(=O)[C@@H](Cc1cccc2ccccc12)NC(=O)[C@@H](CSC(c1ccccc1)(c1ccccc1)c1ccccc1)NC(=O)[C@H](NC(=O)C[C@H](O)/C=C/CCSC(c1ccccc1)(c1ccccc1)c1ccccc1)C(C)C. The summed E-state index contributed by atoms with van der Waals surface area (Å²) in [7, 11) is 1.22. The van der Waals surface area contributed by atoms with Crippen LogP contribution in [-0.2, 0) is 44.6 Å². The third kappa shape index (κ3) is 15.0. The molecule has 82 heavy (non-hydrogen) atoms. The van der Waals surface area contributed by atoms with Gasteiger partial charge in [0.15, 0.2) is 0 Å². The number of rotatable bonds is 27. The minimum atomic E-state index is -1.29. The van der Waals surface area contributed by atoms with E-state index in [4.69, 9.17) is 4.74 Å². The summed E-state index contributed by atoms with van der Waals surface area (Å²) in [4.78, 5) is 70.4. The average Bonchev–Trinajstić information content (AvgIpc) is 3.67. The molecule has 8 aromatic rings. The Balaban J connectivity index is 1.03. The monoisotopic (exact) mass is 1130 g/mol. The summed E-state index contributed by atoms with van der Waals surface area (Å²) in [5.41, 5.74) is 7.00. The van der Waals surface area contributed by atoms with Gasteiger partial charge in [-0.25, -0.2) is 0 Å². The van der Waals surface area contributed by atoms with Crippen LogP contribution in [0.15, 0.2) is 237 Å². The van der Waals surface area contributed by atoms with Gasteiger partial charge in [-0.05, 0) is 67.8 Å². The summed E-state index contributed by atoms with van der Waals surface area (Å²) in [6.07, 6.45) is 2.69. The maximum atomic E-state index is 15.2. The molecule has 420 valence electrons. The van der Waals surface area contributed by atoms with Crippen molar-refractivity contribution in [2.24, 2.45) is 5.92 Å². The van der Waals surface area contributed by atoms with Crippen molar-refractivity contribution in [3.63, 3.8) is 0 Å². The Hall–Kier alpha value is -8.23. The zero-order valence-corrected chi connectivity index (χ0v) is 48.0. The van der Waals surface area contributed by atoms with Crippen molar-refractivity contribution in [2.75, 3.05) is 25.2 Å². The number of amides is 4. The number of carbonyl (C=O) groups excluding carboxylic acids is 5. The number of allylic oxidation sites excluding steroid dienone is 1. The summed E-state index contributed by atoms with van der Waals surface area (Å²) in [6.45, 7) is 3.15. The number of methoxy groups -OCH3 is 1. The first-order valence-electron chi connectivity index (χ1n) is 27.6. The van der Waals surface area contributed by atoms with Crippen molar-refractivity contribution in [1.29, 1.82) is 0 Å². The van der Waals surface area contributed by atoms with Crippen LogP contribution < -0.4 is 21.3 Å². The number of ether oxygens (including phenoxy) is 1. The first kappa shape index (κ1) is 59.9. The smallest absolute Gasteiger partial charge is 0.325 e. The van der Waals surface area contributed by atoms with E-state index in [2.05, 4.69) is 94.1 Å². The Labute approximate surface area is 489 Å². The molecule has 0 heterocycles. The fourth-order valence-corrected chi connectivity index (χ4v) is 13.3. The molecule has 0 unspecified atom stereocenters. The summed E-state index contributed by atoms with van der Waals surface area (Å²) >= 11 is 3.25. The lowest BCUT2D eigenvalue weighted by atomic mass is 9.84. The van der Waals surface area contributed by atoms with Gasteiger partial charge in [0.25, 0.3) is 0 Å². The molecule has 8 rings (SSSR count). The predicted molar refractivity (Wildman–Crippen MR) is 331 cm³/mol. The first-order chi connectivity index (χ1) is 39.9. The van der Waals surface area contributed by atoms with Crippen LogP contribution in [0.3, 0.4) is 0 Å².